The summed E-state index contributed by atoms with van der Waals surface area (Å²) in [6.45, 7) is 0.823. The van der Waals surface area contributed by atoms with Crippen LogP contribution < -0.4 is 5.32 Å². The largest absolute Gasteiger partial charge is 0.306 e. The Labute approximate surface area is 123 Å². The molecule has 0 aromatic heterocycles. The van der Waals surface area contributed by atoms with Gasteiger partial charge in [-0.3, -0.25) is 0 Å². The van der Waals surface area contributed by atoms with Crippen molar-refractivity contribution in [1.29, 1.82) is 0 Å². The fraction of sp³-hybridized carbons (Fsp3) is 0.250. The van der Waals surface area contributed by atoms with Crippen molar-refractivity contribution in [3.05, 3.63) is 64.7 Å². The van der Waals surface area contributed by atoms with Gasteiger partial charge < -0.3 is 5.32 Å². The number of thioether (sulfide) groups is 1. The maximum atomic E-state index is 6.20. The van der Waals surface area contributed by atoms with E-state index in [9.17, 15) is 0 Å². The van der Waals surface area contributed by atoms with E-state index in [2.05, 4.69) is 35.6 Å². The van der Waals surface area contributed by atoms with E-state index < -0.39 is 0 Å². The highest BCUT2D eigenvalue weighted by molar-refractivity contribution is 7.99. The Hall–Kier alpha value is -0.960. The average Bonchev–Trinajstić information content (AvgIpc) is 2.46. The summed E-state index contributed by atoms with van der Waals surface area (Å²) in [5.74, 6) is 1.18. The second-order valence-corrected chi connectivity index (χ2v) is 6.24. The van der Waals surface area contributed by atoms with Gasteiger partial charge in [0, 0.05) is 22.5 Å². The molecule has 0 radical (unpaired) electrons. The van der Waals surface area contributed by atoms with E-state index in [1.54, 1.807) is 0 Å². The molecule has 0 spiro atoms. The lowest BCUT2D eigenvalue weighted by molar-refractivity contribution is 0.510. The molecule has 0 saturated heterocycles. The fourth-order valence-corrected chi connectivity index (χ4v) is 3.76. The Balaban J connectivity index is 1.73. The maximum Gasteiger partial charge on any atom is 0.0450 e. The molecular weight excluding hydrogens is 274 g/mol. The van der Waals surface area contributed by atoms with Gasteiger partial charge >= 0.3 is 0 Å². The van der Waals surface area contributed by atoms with E-state index in [0.29, 0.717) is 6.04 Å². The summed E-state index contributed by atoms with van der Waals surface area (Å²) < 4.78 is 0. The molecule has 0 bridgehead atoms. The van der Waals surface area contributed by atoms with Crippen LogP contribution in [0.2, 0.25) is 5.02 Å². The van der Waals surface area contributed by atoms with Crippen LogP contribution in [0.25, 0.3) is 0 Å². The summed E-state index contributed by atoms with van der Waals surface area (Å²) in [7, 11) is 0. The third kappa shape index (κ3) is 2.97. The zero-order chi connectivity index (χ0) is 13.1. The van der Waals surface area contributed by atoms with Crippen molar-refractivity contribution in [1.82, 2.24) is 5.32 Å². The van der Waals surface area contributed by atoms with Gasteiger partial charge in [-0.05, 0) is 35.4 Å². The monoisotopic (exact) mass is 289 g/mol. The molecular formula is C16H16ClNS. The molecule has 3 heteroatoms. The molecule has 1 heterocycles. The minimum atomic E-state index is 0.439. The van der Waals surface area contributed by atoms with Crippen molar-refractivity contribution >= 4 is 23.4 Å². The summed E-state index contributed by atoms with van der Waals surface area (Å²) in [6.07, 6.45) is 1.17. The van der Waals surface area contributed by atoms with E-state index in [1.165, 1.54) is 28.2 Å². The minimum Gasteiger partial charge on any atom is -0.306 e. The Morgan fingerprint density at radius 2 is 1.89 bits per heavy atom. The lowest BCUT2D eigenvalue weighted by Crippen LogP contribution is -2.24. The van der Waals surface area contributed by atoms with Crippen LogP contribution in [0, 0.1) is 0 Å². The molecule has 2 aromatic carbocycles. The van der Waals surface area contributed by atoms with Gasteiger partial charge in [-0.25, -0.2) is 0 Å². The van der Waals surface area contributed by atoms with Crippen molar-refractivity contribution < 1.29 is 0 Å². The first-order valence-corrected chi connectivity index (χ1v) is 7.89. The Morgan fingerprint density at radius 1 is 1.11 bits per heavy atom. The van der Waals surface area contributed by atoms with Gasteiger partial charge in [0.1, 0.15) is 0 Å². The minimum absolute atomic E-state index is 0.439. The zero-order valence-electron chi connectivity index (χ0n) is 10.6. The highest BCUT2D eigenvalue weighted by Gasteiger charge is 2.19. The van der Waals surface area contributed by atoms with Crippen LogP contribution in [0.5, 0.6) is 0 Å². The third-order valence-electron chi connectivity index (χ3n) is 3.46. The van der Waals surface area contributed by atoms with Crippen molar-refractivity contribution in [3.8, 4) is 0 Å². The quantitative estimate of drug-likeness (QED) is 0.881. The molecule has 0 aliphatic carbocycles. The summed E-state index contributed by atoms with van der Waals surface area (Å²) in [4.78, 5) is 1.41. The number of nitrogens with one attached hydrogen (secondary N) is 1. The topological polar surface area (TPSA) is 12.0 Å². The van der Waals surface area contributed by atoms with E-state index in [1.807, 2.05) is 30.0 Å². The lowest BCUT2D eigenvalue weighted by atomic mass is 10.0. The van der Waals surface area contributed by atoms with Gasteiger partial charge in [0.25, 0.3) is 0 Å². The summed E-state index contributed by atoms with van der Waals surface area (Å²) >= 11 is 8.15. The predicted octanol–water partition coefficient (Wildman–Crippen LogP) is 4.67. The number of hydrogen-bond donors (Lipinski definition) is 1. The number of benzene rings is 2. The molecule has 1 unspecified atom stereocenters. The summed E-state index contributed by atoms with van der Waals surface area (Å²) in [6, 6.07) is 17.1. The van der Waals surface area contributed by atoms with E-state index in [-0.39, 0.29) is 0 Å². The molecule has 0 fully saturated rings. The Morgan fingerprint density at radius 3 is 2.79 bits per heavy atom. The highest BCUT2D eigenvalue weighted by atomic mass is 35.5. The van der Waals surface area contributed by atoms with E-state index in [4.69, 9.17) is 11.6 Å². The van der Waals surface area contributed by atoms with Crippen molar-refractivity contribution in [3.63, 3.8) is 0 Å². The molecule has 0 saturated carbocycles. The van der Waals surface area contributed by atoms with Crippen LogP contribution >= 0.6 is 23.4 Å². The molecule has 2 aromatic rings. The summed E-state index contributed by atoms with van der Waals surface area (Å²) in [5.41, 5.74) is 2.59. The lowest BCUT2D eigenvalue weighted by Gasteiger charge is -2.26. The van der Waals surface area contributed by atoms with Crippen LogP contribution in [0.4, 0.5) is 0 Å². The number of fused-ring (bicyclic) bond motifs is 1. The smallest absolute Gasteiger partial charge is 0.0450 e. The molecule has 1 aliphatic heterocycles. The molecule has 1 nitrogen and oxygen atoms in total. The van der Waals surface area contributed by atoms with Crippen molar-refractivity contribution in [2.24, 2.45) is 0 Å². The first-order valence-electron chi connectivity index (χ1n) is 6.53. The van der Waals surface area contributed by atoms with Gasteiger partial charge in [0.2, 0.25) is 0 Å². The summed E-state index contributed by atoms with van der Waals surface area (Å²) in [5, 5.41) is 4.48. The van der Waals surface area contributed by atoms with Crippen LogP contribution in [0.1, 0.15) is 23.6 Å². The molecule has 98 valence electrons. The van der Waals surface area contributed by atoms with E-state index in [0.717, 1.165) is 11.6 Å². The fourth-order valence-electron chi connectivity index (χ4n) is 2.43. The average molecular weight is 290 g/mol. The van der Waals surface area contributed by atoms with Gasteiger partial charge in [0.05, 0.1) is 0 Å². The van der Waals surface area contributed by atoms with Crippen LogP contribution in [0.3, 0.4) is 0 Å². The van der Waals surface area contributed by atoms with Crippen LogP contribution in [-0.4, -0.2) is 5.75 Å². The van der Waals surface area contributed by atoms with Gasteiger partial charge in [-0.1, -0.05) is 48.0 Å². The SMILES string of the molecule is Clc1ccccc1CNC1CCSc2ccccc21. The zero-order valence-corrected chi connectivity index (χ0v) is 12.2. The number of hydrogen-bond acceptors (Lipinski definition) is 2. The molecule has 1 N–H and O–H groups in total. The third-order valence-corrected chi connectivity index (χ3v) is 4.95. The van der Waals surface area contributed by atoms with E-state index >= 15 is 0 Å². The second kappa shape index (κ2) is 6.00. The maximum absolute atomic E-state index is 6.20. The first-order chi connectivity index (χ1) is 9.34. The second-order valence-electron chi connectivity index (χ2n) is 4.70. The van der Waals surface area contributed by atoms with Crippen LogP contribution in [0.15, 0.2) is 53.4 Å². The Bertz CT molecular complexity index is 570. The normalized spacial score (nSPS) is 18.1. The molecule has 0 amide bonds. The van der Waals surface area contributed by atoms with Gasteiger partial charge in [-0.15, -0.1) is 11.8 Å². The van der Waals surface area contributed by atoms with Crippen LogP contribution in [-0.2, 0) is 6.54 Å². The predicted molar refractivity (Wildman–Crippen MR) is 82.8 cm³/mol. The molecule has 1 atom stereocenters. The van der Waals surface area contributed by atoms with Crippen molar-refractivity contribution in [2.45, 2.75) is 23.9 Å². The van der Waals surface area contributed by atoms with Gasteiger partial charge in [0.15, 0.2) is 0 Å². The number of rotatable bonds is 3. The standard InChI is InChI=1S/C16H16ClNS/c17-14-7-3-1-5-12(14)11-18-15-9-10-19-16-8-4-2-6-13(15)16/h1-8,15,18H,9-11H2. The number of halogens is 1. The molecule has 19 heavy (non-hydrogen) atoms. The highest BCUT2D eigenvalue weighted by Crippen LogP contribution is 2.36. The molecule has 1 aliphatic rings. The molecule has 3 rings (SSSR count). The van der Waals surface area contributed by atoms with Crippen molar-refractivity contribution in [2.75, 3.05) is 5.75 Å². The Kier molecular flexibility index (Phi) is 4.12. The first kappa shape index (κ1) is 13.0. The van der Waals surface area contributed by atoms with Gasteiger partial charge in [-0.2, -0.15) is 0 Å².